The topological polar surface area (TPSA) is 12.0 Å². The van der Waals surface area contributed by atoms with Crippen LogP contribution >= 0.6 is 34.2 Å². The highest BCUT2D eigenvalue weighted by molar-refractivity contribution is 14.1. The fourth-order valence-electron chi connectivity index (χ4n) is 1.69. The van der Waals surface area contributed by atoms with Crippen molar-refractivity contribution < 1.29 is 4.39 Å². The molecule has 94 valence electrons. The number of benzene rings is 2. The van der Waals surface area contributed by atoms with E-state index in [2.05, 4.69) is 27.9 Å². The van der Waals surface area contributed by atoms with Crippen LogP contribution in [0.1, 0.15) is 18.5 Å². The highest BCUT2D eigenvalue weighted by atomic mass is 127. The lowest BCUT2D eigenvalue weighted by molar-refractivity contribution is 0.627. The molecule has 0 aliphatic carbocycles. The lowest BCUT2D eigenvalue weighted by atomic mass is 10.1. The quantitative estimate of drug-likeness (QED) is 0.722. The molecule has 2 rings (SSSR count). The maximum Gasteiger partial charge on any atom is 0.147 e. The molecule has 0 heterocycles. The predicted octanol–water partition coefficient (Wildman–Crippen LogP) is 5.26. The van der Waals surface area contributed by atoms with E-state index in [-0.39, 0.29) is 11.9 Å². The van der Waals surface area contributed by atoms with Crippen molar-refractivity contribution in [2.75, 3.05) is 5.32 Å². The van der Waals surface area contributed by atoms with E-state index in [9.17, 15) is 4.39 Å². The molecule has 0 bridgehead atoms. The van der Waals surface area contributed by atoms with E-state index in [1.54, 1.807) is 12.1 Å². The molecule has 0 saturated carbocycles. The maximum absolute atomic E-state index is 13.6. The van der Waals surface area contributed by atoms with Crippen molar-refractivity contribution in [3.05, 3.63) is 62.4 Å². The zero-order valence-electron chi connectivity index (χ0n) is 9.75. The monoisotopic (exact) mass is 375 g/mol. The third-order valence-corrected chi connectivity index (χ3v) is 3.73. The van der Waals surface area contributed by atoms with Crippen molar-refractivity contribution in [1.82, 2.24) is 0 Å². The predicted molar refractivity (Wildman–Crippen MR) is 82.6 cm³/mol. The molecule has 18 heavy (non-hydrogen) atoms. The molecule has 2 aromatic rings. The van der Waals surface area contributed by atoms with Gasteiger partial charge in [-0.3, -0.25) is 0 Å². The Balaban J connectivity index is 2.21. The molecular formula is C14H12ClFIN. The van der Waals surface area contributed by atoms with Crippen LogP contribution in [-0.4, -0.2) is 0 Å². The molecule has 0 aromatic heterocycles. The van der Waals surface area contributed by atoms with Gasteiger partial charge in [0, 0.05) is 9.61 Å². The van der Waals surface area contributed by atoms with Crippen molar-refractivity contribution in [3.63, 3.8) is 0 Å². The molecule has 1 atom stereocenters. The summed E-state index contributed by atoms with van der Waals surface area (Å²) in [4.78, 5) is 0. The largest absolute Gasteiger partial charge is 0.375 e. The molecule has 0 aliphatic heterocycles. The fraction of sp³-hybridized carbons (Fsp3) is 0.143. The zero-order valence-corrected chi connectivity index (χ0v) is 12.7. The van der Waals surface area contributed by atoms with Crippen LogP contribution in [0.5, 0.6) is 0 Å². The standard InChI is InChI=1S/C14H12ClFIN/c1-9(10-5-7-11(17)8-6-10)18-14-12(15)3-2-4-13(14)16/h2-9,18H,1H3. The maximum atomic E-state index is 13.6. The van der Waals surface area contributed by atoms with E-state index in [0.29, 0.717) is 10.7 Å². The van der Waals surface area contributed by atoms with Gasteiger partial charge in [0.2, 0.25) is 0 Å². The van der Waals surface area contributed by atoms with E-state index in [1.165, 1.54) is 9.64 Å². The summed E-state index contributed by atoms with van der Waals surface area (Å²) in [6.07, 6.45) is 0. The van der Waals surface area contributed by atoms with E-state index in [4.69, 9.17) is 11.6 Å². The van der Waals surface area contributed by atoms with Crippen molar-refractivity contribution in [2.24, 2.45) is 0 Å². The van der Waals surface area contributed by atoms with Crippen LogP contribution in [0.3, 0.4) is 0 Å². The molecule has 1 N–H and O–H groups in total. The lowest BCUT2D eigenvalue weighted by Crippen LogP contribution is -2.08. The smallest absolute Gasteiger partial charge is 0.147 e. The highest BCUT2D eigenvalue weighted by Gasteiger charge is 2.11. The third kappa shape index (κ3) is 3.14. The van der Waals surface area contributed by atoms with Gasteiger partial charge in [-0.05, 0) is 59.3 Å². The number of anilines is 1. The summed E-state index contributed by atoms with van der Waals surface area (Å²) in [5, 5.41) is 3.50. The van der Waals surface area contributed by atoms with Gasteiger partial charge in [0.25, 0.3) is 0 Å². The first-order valence-electron chi connectivity index (χ1n) is 5.54. The molecule has 0 saturated heterocycles. The van der Waals surface area contributed by atoms with E-state index >= 15 is 0 Å². The second-order valence-electron chi connectivity index (χ2n) is 4.01. The minimum Gasteiger partial charge on any atom is -0.375 e. The summed E-state index contributed by atoms with van der Waals surface area (Å²) < 4.78 is 14.8. The third-order valence-electron chi connectivity index (χ3n) is 2.69. The molecule has 0 spiro atoms. The van der Waals surface area contributed by atoms with Crippen LogP contribution in [0.25, 0.3) is 0 Å². The van der Waals surface area contributed by atoms with Crippen LogP contribution in [0.15, 0.2) is 42.5 Å². The van der Waals surface area contributed by atoms with Gasteiger partial charge < -0.3 is 5.32 Å². The van der Waals surface area contributed by atoms with Crippen molar-refractivity contribution >= 4 is 39.9 Å². The molecule has 0 radical (unpaired) electrons. The van der Waals surface area contributed by atoms with Crippen molar-refractivity contribution in [1.29, 1.82) is 0 Å². The molecule has 1 nitrogen and oxygen atoms in total. The summed E-state index contributed by atoms with van der Waals surface area (Å²) in [6, 6.07) is 12.8. The Labute approximate surface area is 124 Å². The van der Waals surface area contributed by atoms with Crippen molar-refractivity contribution in [2.45, 2.75) is 13.0 Å². The Morgan fingerprint density at radius 1 is 1.17 bits per heavy atom. The highest BCUT2D eigenvalue weighted by Crippen LogP contribution is 2.28. The number of nitrogens with one attached hydrogen (secondary N) is 1. The Morgan fingerprint density at radius 2 is 1.83 bits per heavy atom. The minimum absolute atomic E-state index is 0.00333. The number of hydrogen-bond acceptors (Lipinski definition) is 1. The molecular weight excluding hydrogens is 364 g/mol. The molecule has 0 aliphatic rings. The second kappa shape index (κ2) is 5.89. The summed E-state index contributed by atoms with van der Waals surface area (Å²) in [5.74, 6) is -0.333. The van der Waals surface area contributed by atoms with Crippen molar-refractivity contribution in [3.8, 4) is 0 Å². The fourth-order valence-corrected chi connectivity index (χ4v) is 2.26. The first-order chi connectivity index (χ1) is 8.58. The Bertz CT molecular complexity index is 522. The van der Waals surface area contributed by atoms with Gasteiger partial charge in [0.1, 0.15) is 5.82 Å². The number of halogens is 3. The van der Waals surface area contributed by atoms with E-state index in [1.807, 2.05) is 31.2 Å². The average molecular weight is 376 g/mol. The lowest BCUT2D eigenvalue weighted by Gasteiger charge is -2.17. The van der Waals surface area contributed by atoms with Gasteiger partial charge in [0.05, 0.1) is 10.7 Å². The van der Waals surface area contributed by atoms with Crippen LogP contribution < -0.4 is 5.32 Å². The Kier molecular flexibility index (Phi) is 4.45. The van der Waals surface area contributed by atoms with Gasteiger partial charge in [-0.1, -0.05) is 29.8 Å². The number of hydrogen-bond donors (Lipinski definition) is 1. The Morgan fingerprint density at radius 3 is 2.44 bits per heavy atom. The first kappa shape index (κ1) is 13.6. The first-order valence-corrected chi connectivity index (χ1v) is 6.99. The van der Waals surface area contributed by atoms with Crippen LogP contribution in [0.2, 0.25) is 5.02 Å². The number of para-hydroxylation sites is 1. The van der Waals surface area contributed by atoms with Gasteiger partial charge in [-0.2, -0.15) is 0 Å². The van der Waals surface area contributed by atoms with E-state index in [0.717, 1.165) is 5.56 Å². The average Bonchev–Trinajstić information content (AvgIpc) is 2.34. The van der Waals surface area contributed by atoms with E-state index < -0.39 is 0 Å². The normalized spacial score (nSPS) is 12.2. The van der Waals surface area contributed by atoms with Crippen LogP contribution in [0.4, 0.5) is 10.1 Å². The summed E-state index contributed by atoms with van der Waals surface area (Å²) in [6.45, 7) is 1.98. The van der Waals surface area contributed by atoms with Gasteiger partial charge >= 0.3 is 0 Å². The summed E-state index contributed by atoms with van der Waals surface area (Å²) in [7, 11) is 0. The van der Waals surface area contributed by atoms with Gasteiger partial charge in [-0.25, -0.2) is 4.39 Å². The molecule has 2 aromatic carbocycles. The molecule has 0 amide bonds. The molecule has 4 heteroatoms. The van der Waals surface area contributed by atoms with Crippen LogP contribution in [0, 0.1) is 9.39 Å². The summed E-state index contributed by atoms with van der Waals surface area (Å²) in [5.41, 5.74) is 1.44. The number of rotatable bonds is 3. The van der Waals surface area contributed by atoms with Gasteiger partial charge in [-0.15, -0.1) is 0 Å². The minimum atomic E-state index is -0.333. The SMILES string of the molecule is CC(Nc1c(F)cccc1Cl)c1ccc(I)cc1. The zero-order chi connectivity index (χ0) is 13.1. The molecule has 0 fully saturated rings. The Hall–Kier alpha value is -0.810. The van der Waals surface area contributed by atoms with Gasteiger partial charge in [0.15, 0.2) is 0 Å². The second-order valence-corrected chi connectivity index (χ2v) is 5.67. The summed E-state index contributed by atoms with van der Waals surface area (Å²) >= 11 is 8.24. The van der Waals surface area contributed by atoms with Crippen LogP contribution in [-0.2, 0) is 0 Å². The molecule has 1 unspecified atom stereocenters.